The third-order valence-electron chi connectivity index (χ3n) is 2.91. The number of nitrogens with one attached hydrogen (secondary N) is 1. The van der Waals surface area contributed by atoms with Crippen LogP contribution in [-0.2, 0) is 10.0 Å². The van der Waals surface area contributed by atoms with E-state index in [9.17, 15) is 13.5 Å². The minimum atomic E-state index is -3.80. The van der Waals surface area contributed by atoms with Gasteiger partial charge in [-0.25, -0.2) is 13.1 Å². The number of anilines is 1. The van der Waals surface area contributed by atoms with Gasteiger partial charge in [0.2, 0.25) is 10.0 Å². The summed E-state index contributed by atoms with van der Waals surface area (Å²) >= 11 is 5.74. The summed E-state index contributed by atoms with van der Waals surface area (Å²) in [6, 6.07) is 12.9. The van der Waals surface area contributed by atoms with E-state index < -0.39 is 16.1 Å². The molecule has 2 aromatic rings. The Morgan fingerprint density at radius 3 is 2.48 bits per heavy atom. The van der Waals surface area contributed by atoms with E-state index in [1.54, 1.807) is 24.3 Å². The molecule has 112 valence electrons. The van der Waals surface area contributed by atoms with Crippen LogP contribution >= 0.6 is 11.6 Å². The van der Waals surface area contributed by atoms with E-state index in [1.165, 1.54) is 18.2 Å². The van der Waals surface area contributed by atoms with Crippen molar-refractivity contribution in [3.63, 3.8) is 0 Å². The van der Waals surface area contributed by atoms with E-state index in [2.05, 4.69) is 4.72 Å². The van der Waals surface area contributed by atoms with Crippen LogP contribution in [0.3, 0.4) is 0 Å². The summed E-state index contributed by atoms with van der Waals surface area (Å²) in [5, 5.41) is 10.3. The van der Waals surface area contributed by atoms with Crippen molar-refractivity contribution in [2.24, 2.45) is 0 Å². The fraction of sp³-hybridized carbons (Fsp3) is 0.143. The van der Waals surface area contributed by atoms with Gasteiger partial charge < -0.3 is 10.8 Å². The Balaban J connectivity index is 2.11. The summed E-state index contributed by atoms with van der Waals surface area (Å²) in [7, 11) is -3.80. The molecule has 0 saturated heterocycles. The van der Waals surface area contributed by atoms with Crippen molar-refractivity contribution in [3.05, 3.63) is 59.1 Å². The molecule has 0 aliphatic rings. The van der Waals surface area contributed by atoms with Crippen LogP contribution in [0.25, 0.3) is 0 Å². The van der Waals surface area contributed by atoms with Gasteiger partial charge in [0.15, 0.2) is 0 Å². The van der Waals surface area contributed by atoms with Gasteiger partial charge in [0.1, 0.15) is 4.90 Å². The molecule has 21 heavy (non-hydrogen) atoms. The molecule has 2 rings (SSSR count). The van der Waals surface area contributed by atoms with Crippen molar-refractivity contribution in [2.75, 3.05) is 12.3 Å². The zero-order valence-electron chi connectivity index (χ0n) is 11.0. The normalized spacial score (nSPS) is 13.0. The average Bonchev–Trinajstić information content (AvgIpc) is 2.45. The molecule has 4 N–H and O–H groups in total. The molecule has 0 aliphatic carbocycles. The van der Waals surface area contributed by atoms with E-state index >= 15 is 0 Å². The predicted octanol–water partition coefficient (Wildman–Crippen LogP) is 1.93. The minimum Gasteiger partial charge on any atom is -0.398 e. The van der Waals surface area contributed by atoms with Crippen LogP contribution in [0.2, 0.25) is 5.02 Å². The molecule has 2 aromatic carbocycles. The van der Waals surface area contributed by atoms with Gasteiger partial charge >= 0.3 is 0 Å². The number of sulfonamides is 1. The minimum absolute atomic E-state index is 0.0594. The van der Waals surface area contributed by atoms with Crippen molar-refractivity contribution in [1.82, 2.24) is 4.72 Å². The molecule has 0 radical (unpaired) electrons. The van der Waals surface area contributed by atoms with Gasteiger partial charge in [0.05, 0.1) is 11.8 Å². The van der Waals surface area contributed by atoms with Gasteiger partial charge in [0, 0.05) is 11.6 Å². The summed E-state index contributed by atoms with van der Waals surface area (Å²) in [6.45, 7) is -0.144. The van der Waals surface area contributed by atoms with Gasteiger partial charge in [-0.05, 0) is 23.8 Å². The van der Waals surface area contributed by atoms with Crippen molar-refractivity contribution < 1.29 is 13.5 Å². The molecule has 0 fully saturated rings. The van der Waals surface area contributed by atoms with E-state index in [1.807, 2.05) is 6.07 Å². The molecule has 5 nitrogen and oxygen atoms in total. The highest BCUT2D eigenvalue weighted by molar-refractivity contribution is 7.89. The molecule has 0 spiro atoms. The highest BCUT2D eigenvalue weighted by atomic mass is 35.5. The Morgan fingerprint density at radius 1 is 1.19 bits per heavy atom. The van der Waals surface area contributed by atoms with Crippen LogP contribution in [-0.4, -0.2) is 20.1 Å². The van der Waals surface area contributed by atoms with Gasteiger partial charge in [0.25, 0.3) is 0 Å². The van der Waals surface area contributed by atoms with E-state index in [4.69, 9.17) is 17.3 Å². The first kappa shape index (κ1) is 15.8. The number of rotatable bonds is 5. The fourth-order valence-electron chi connectivity index (χ4n) is 1.82. The molecule has 1 unspecified atom stereocenters. The molecule has 0 aromatic heterocycles. The number of nitrogens with two attached hydrogens (primary N) is 1. The lowest BCUT2D eigenvalue weighted by molar-refractivity contribution is 0.182. The first-order valence-electron chi connectivity index (χ1n) is 6.18. The molecule has 0 bridgehead atoms. The Kier molecular flexibility index (Phi) is 4.84. The Morgan fingerprint density at radius 2 is 1.86 bits per heavy atom. The summed E-state index contributed by atoms with van der Waals surface area (Å²) in [5.74, 6) is 0. The smallest absolute Gasteiger partial charge is 0.242 e. The molecule has 7 heteroatoms. The molecular formula is C14H15ClN2O3S. The quantitative estimate of drug-likeness (QED) is 0.732. The second kappa shape index (κ2) is 6.44. The average molecular weight is 327 g/mol. The van der Waals surface area contributed by atoms with E-state index in [0.29, 0.717) is 10.6 Å². The van der Waals surface area contributed by atoms with Crippen LogP contribution in [0.15, 0.2) is 53.4 Å². The van der Waals surface area contributed by atoms with Crippen LogP contribution in [0.1, 0.15) is 11.7 Å². The standard InChI is InChI=1S/C14H15ClN2O3S/c15-11-6-7-14(12(16)8-11)21(19,20)17-9-13(18)10-4-2-1-3-5-10/h1-8,13,17-18H,9,16H2. The van der Waals surface area contributed by atoms with Crippen LogP contribution in [0.4, 0.5) is 5.69 Å². The predicted molar refractivity (Wildman–Crippen MR) is 82.5 cm³/mol. The lowest BCUT2D eigenvalue weighted by Crippen LogP contribution is -2.29. The highest BCUT2D eigenvalue weighted by Crippen LogP contribution is 2.22. The number of hydrogen-bond donors (Lipinski definition) is 3. The molecule has 0 saturated carbocycles. The number of halogens is 1. The Bertz CT molecular complexity index is 720. The van der Waals surface area contributed by atoms with Crippen molar-refractivity contribution >= 4 is 27.3 Å². The van der Waals surface area contributed by atoms with Crippen molar-refractivity contribution in [1.29, 1.82) is 0 Å². The molecule has 0 aliphatic heterocycles. The maximum Gasteiger partial charge on any atom is 0.242 e. The van der Waals surface area contributed by atoms with Crippen molar-refractivity contribution in [2.45, 2.75) is 11.0 Å². The van der Waals surface area contributed by atoms with E-state index in [-0.39, 0.29) is 17.1 Å². The molecular weight excluding hydrogens is 312 g/mol. The lowest BCUT2D eigenvalue weighted by Gasteiger charge is -2.13. The summed E-state index contributed by atoms with van der Waals surface area (Å²) in [6.07, 6.45) is -0.936. The van der Waals surface area contributed by atoms with Gasteiger partial charge in [-0.3, -0.25) is 0 Å². The topological polar surface area (TPSA) is 92.4 Å². The molecule has 0 heterocycles. The van der Waals surface area contributed by atoms with Crippen LogP contribution < -0.4 is 10.5 Å². The van der Waals surface area contributed by atoms with Crippen LogP contribution in [0, 0.1) is 0 Å². The zero-order valence-corrected chi connectivity index (χ0v) is 12.6. The SMILES string of the molecule is Nc1cc(Cl)ccc1S(=O)(=O)NCC(O)c1ccccc1. The maximum absolute atomic E-state index is 12.2. The monoisotopic (exact) mass is 326 g/mol. The summed E-state index contributed by atoms with van der Waals surface area (Å²) in [5.41, 5.74) is 6.35. The van der Waals surface area contributed by atoms with Gasteiger partial charge in [-0.1, -0.05) is 41.9 Å². The third kappa shape index (κ3) is 3.95. The van der Waals surface area contributed by atoms with Crippen molar-refractivity contribution in [3.8, 4) is 0 Å². The van der Waals surface area contributed by atoms with Gasteiger partial charge in [-0.2, -0.15) is 0 Å². The second-order valence-electron chi connectivity index (χ2n) is 4.46. The number of aliphatic hydroxyl groups excluding tert-OH is 1. The number of aliphatic hydroxyl groups is 1. The molecule has 0 amide bonds. The van der Waals surface area contributed by atoms with Gasteiger partial charge in [-0.15, -0.1) is 0 Å². The maximum atomic E-state index is 12.2. The fourth-order valence-corrected chi connectivity index (χ4v) is 3.15. The third-order valence-corrected chi connectivity index (χ3v) is 4.65. The largest absolute Gasteiger partial charge is 0.398 e. The Labute approximate surface area is 128 Å². The summed E-state index contributed by atoms with van der Waals surface area (Å²) < 4.78 is 26.6. The first-order chi connectivity index (χ1) is 9.90. The summed E-state index contributed by atoms with van der Waals surface area (Å²) in [4.78, 5) is -0.0628. The lowest BCUT2D eigenvalue weighted by atomic mass is 10.1. The zero-order chi connectivity index (χ0) is 15.5. The number of hydrogen-bond acceptors (Lipinski definition) is 4. The number of nitrogen functional groups attached to an aromatic ring is 1. The first-order valence-corrected chi connectivity index (χ1v) is 8.04. The Hall–Kier alpha value is -1.60. The second-order valence-corrected chi connectivity index (χ2v) is 6.63. The van der Waals surface area contributed by atoms with E-state index in [0.717, 1.165) is 0 Å². The molecule has 1 atom stereocenters. The number of benzene rings is 2. The van der Waals surface area contributed by atoms with Crippen LogP contribution in [0.5, 0.6) is 0 Å². The highest BCUT2D eigenvalue weighted by Gasteiger charge is 2.19.